The Morgan fingerprint density at radius 2 is 2.00 bits per heavy atom. The van der Waals surface area contributed by atoms with E-state index in [0.717, 1.165) is 18.4 Å². The molecule has 0 saturated heterocycles. The van der Waals surface area contributed by atoms with Gasteiger partial charge in [-0.05, 0) is 55.6 Å². The zero-order valence-corrected chi connectivity index (χ0v) is 11.8. The van der Waals surface area contributed by atoms with Gasteiger partial charge >= 0.3 is 0 Å². The molecule has 0 heterocycles. The van der Waals surface area contributed by atoms with Crippen molar-refractivity contribution in [3.05, 3.63) is 23.8 Å². The summed E-state index contributed by atoms with van der Waals surface area (Å²) in [6.07, 6.45) is 5.23. The van der Waals surface area contributed by atoms with Crippen LogP contribution in [0.4, 0.5) is 0 Å². The number of amides is 1. The fourth-order valence-corrected chi connectivity index (χ4v) is 2.94. The lowest BCUT2D eigenvalue weighted by molar-refractivity contribution is 0.0940. The molecule has 1 amide bonds. The Morgan fingerprint density at radius 1 is 1.35 bits per heavy atom. The van der Waals surface area contributed by atoms with Crippen molar-refractivity contribution in [2.75, 3.05) is 13.7 Å². The maximum atomic E-state index is 12.2. The molecule has 2 aliphatic carbocycles. The van der Waals surface area contributed by atoms with Crippen LogP contribution in [0.25, 0.3) is 0 Å². The molecule has 0 spiro atoms. The molecule has 2 N–H and O–H groups in total. The predicted molar refractivity (Wildman–Crippen MR) is 75.9 cm³/mol. The minimum atomic E-state index is -0.215. The maximum absolute atomic E-state index is 12.2. The molecule has 3 rings (SSSR count). The van der Waals surface area contributed by atoms with Gasteiger partial charge in [-0.2, -0.15) is 0 Å². The van der Waals surface area contributed by atoms with E-state index in [-0.39, 0.29) is 17.2 Å². The van der Waals surface area contributed by atoms with E-state index in [9.17, 15) is 9.90 Å². The Labute approximate surface area is 119 Å². The van der Waals surface area contributed by atoms with Gasteiger partial charge in [-0.1, -0.05) is 6.07 Å². The van der Waals surface area contributed by atoms with Crippen LogP contribution >= 0.6 is 0 Å². The van der Waals surface area contributed by atoms with Crippen molar-refractivity contribution in [2.24, 2.45) is 17.8 Å². The number of hydrogen-bond donors (Lipinski definition) is 2. The summed E-state index contributed by atoms with van der Waals surface area (Å²) < 4.78 is 5.03. The van der Waals surface area contributed by atoms with Crippen LogP contribution in [0.3, 0.4) is 0 Å². The molecule has 20 heavy (non-hydrogen) atoms. The quantitative estimate of drug-likeness (QED) is 0.839. The van der Waals surface area contributed by atoms with Gasteiger partial charge in [-0.3, -0.25) is 4.79 Å². The van der Waals surface area contributed by atoms with Crippen LogP contribution in [-0.4, -0.2) is 24.7 Å². The average molecular weight is 275 g/mol. The SMILES string of the molecule is COc1cccc(C(=O)NCC(C2CC2)C2CC2)c1O. The summed E-state index contributed by atoms with van der Waals surface area (Å²) in [5.41, 5.74) is 0.287. The van der Waals surface area contributed by atoms with Crippen molar-refractivity contribution in [1.29, 1.82) is 0 Å². The summed E-state index contributed by atoms with van der Waals surface area (Å²) in [7, 11) is 1.48. The largest absolute Gasteiger partial charge is 0.504 e. The van der Waals surface area contributed by atoms with E-state index in [4.69, 9.17) is 4.74 Å². The zero-order valence-electron chi connectivity index (χ0n) is 11.8. The first-order valence-electron chi connectivity index (χ1n) is 7.35. The van der Waals surface area contributed by atoms with Crippen molar-refractivity contribution in [3.8, 4) is 11.5 Å². The number of methoxy groups -OCH3 is 1. The van der Waals surface area contributed by atoms with E-state index in [1.165, 1.54) is 32.8 Å². The van der Waals surface area contributed by atoms with Gasteiger partial charge in [-0.15, -0.1) is 0 Å². The highest BCUT2D eigenvalue weighted by Crippen LogP contribution is 2.48. The molecule has 1 aromatic carbocycles. The number of carbonyl (C=O) groups is 1. The molecule has 0 radical (unpaired) electrons. The molecule has 1 aromatic rings. The van der Waals surface area contributed by atoms with Crippen molar-refractivity contribution in [2.45, 2.75) is 25.7 Å². The van der Waals surface area contributed by atoms with Gasteiger partial charge in [0.1, 0.15) is 0 Å². The third-order valence-electron chi connectivity index (χ3n) is 4.42. The summed E-state index contributed by atoms with van der Waals surface area (Å²) in [6.45, 7) is 0.727. The first-order valence-corrected chi connectivity index (χ1v) is 7.35. The first kappa shape index (κ1) is 13.3. The second-order valence-electron chi connectivity index (χ2n) is 5.91. The number of ether oxygens (including phenoxy) is 1. The standard InChI is InChI=1S/C16H21NO3/c1-20-14-4-2-3-12(15(14)18)16(19)17-9-13(10-5-6-10)11-7-8-11/h2-4,10-11,13,18H,5-9H2,1H3,(H,17,19). The molecule has 4 nitrogen and oxygen atoms in total. The number of rotatable bonds is 6. The third-order valence-corrected chi connectivity index (χ3v) is 4.42. The summed E-state index contributed by atoms with van der Waals surface area (Å²) >= 11 is 0. The lowest BCUT2D eigenvalue weighted by Gasteiger charge is -2.16. The Kier molecular flexibility index (Phi) is 3.55. The van der Waals surface area contributed by atoms with Crippen molar-refractivity contribution in [1.82, 2.24) is 5.32 Å². The van der Waals surface area contributed by atoms with Crippen molar-refractivity contribution < 1.29 is 14.6 Å². The third kappa shape index (κ3) is 2.74. The number of hydrogen-bond acceptors (Lipinski definition) is 3. The second kappa shape index (κ2) is 5.35. The minimum Gasteiger partial charge on any atom is -0.504 e. The molecule has 4 heteroatoms. The van der Waals surface area contributed by atoms with Gasteiger partial charge in [0.2, 0.25) is 0 Å². The molecule has 0 aromatic heterocycles. The number of benzene rings is 1. The van der Waals surface area contributed by atoms with Gasteiger partial charge in [0.05, 0.1) is 12.7 Å². The molecular formula is C16H21NO3. The van der Waals surface area contributed by atoms with Crippen LogP contribution in [0.5, 0.6) is 11.5 Å². The number of phenols is 1. The summed E-state index contributed by atoms with van der Waals surface area (Å²) in [5.74, 6) is 2.28. The number of phenolic OH excluding ortho intramolecular Hbond substituents is 1. The Balaban J connectivity index is 1.63. The van der Waals surface area contributed by atoms with Crippen molar-refractivity contribution >= 4 is 5.91 Å². The molecule has 108 valence electrons. The van der Waals surface area contributed by atoms with Crippen LogP contribution in [0, 0.1) is 17.8 Å². The average Bonchev–Trinajstić information content (AvgIpc) is 3.32. The summed E-state index contributed by atoms with van der Waals surface area (Å²) in [6, 6.07) is 4.98. The van der Waals surface area contributed by atoms with Crippen LogP contribution in [0.2, 0.25) is 0 Å². The Hall–Kier alpha value is -1.71. The molecule has 0 unspecified atom stereocenters. The van der Waals surface area contributed by atoms with Gasteiger partial charge in [0.25, 0.3) is 5.91 Å². The monoisotopic (exact) mass is 275 g/mol. The van der Waals surface area contributed by atoms with Gasteiger partial charge in [0.15, 0.2) is 11.5 Å². The minimum absolute atomic E-state index is 0.0816. The van der Waals surface area contributed by atoms with Crippen LogP contribution in [0.15, 0.2) is 18.2 Å². The fraction of sp³-hybridized carbons (Fsp3) is 0.562. The number of aromatic hydroxyl groups is 1. The fourth-order valence-electron chi connectivity index (χ4n) is 2.94. The smallest absolute Gasteiger partial charge is 0.255 e. The van der Waals surface area contributed by atoms with E-state index in [1.54, 1.807) is 18.2 Å². The normalized spacial score (nSPS) is 18.1. The predicted octanol–water partition coefficient (Wildman–Crippen LogP) is 2.57. The molecule has 0 bridgehead atoms. The Bertz CT molecular complexity index is 494. The van der Waals surface area contributed by atoms with Crippen LogP contribution < -0.4 is 10.1 Å². The maximum Gasteiger partial charge on any atom is 0.255 e. The molecule has 2 aliphatic rings. The zero-order chi connectivity index (χ0) is 14.1. The molecule has 2 saturated carbocycles. The number of carbonyl (C=O) groups excluding carboxylic acids is 1. The highest BCUT2D eigenvalue weighted by atomic mass is 16.5. The highest BCUT2D eigenvalue weighted by molar-refractivity contribution is 5.97. The van der Waals surface area contributed by atoms with E-state index in [2.05, 4.69) is 5.32 Å². The van der Waals surface area contributed by atoms with Crippen molar-refractivity contribution in [3.63, 3.8) is 0 Å². The van der Waals surface area contributed by atoms with Gasteiger partial charge in [-0.25, -0.2) is 0 Å². The van der Waals surface area contributed by atoms with E-state index >= 15 is 0 Å². The first-order chi connectivity index (χ1) is 9.70. The van der Waals surface area contributed by atoms with E-state index in [1.807, 2.05) is 0 Å². The molecular weight excluding hydrogens is 254 g/mol. The molecule has 2 fully saturated rings. The van der Waals surface area contributed by atoms with Crippen LogP contribution in [0.1, 0.15) is 36.0 Å². The van der Waals surface area contributed by atoms with Gasteiger partial charge in [0, 0.05) is 6.54 Å². The molecule has 0 aliphatic heterocycles. The lowest BCUT2D eigenvalue weighted by Crippen LogP contribution is -2.31. The topological polar surface area (TPSA) is 58.6 Å². The second-order valence-corrected chi connectivity index (χ2v) is 5.91. The lowest BCUT2D eigenvalue weighted by atomic mass is 9.98. The van der Waals surface area contributed by atoms with E-state index in [0.29, 0.717) is 11.7 Å². The molecule has 0 atom stereocenters. The van der Waals surface area contributed by atoms with Gasteiger partial charge < -0.3 is 15.2 Å². The number of para-hydroxylation sites is 1. The van der Waals surface area contributed by atoms with Crippen LogP contribution in [-0.2, 0) is 0 Å². The summed E-state index contributed by atoms with van der Waals surface area (Å²) in [5, 5.41) is 13.0. The van der Waals surface area contributed by atoms with E-state index < -0.39 is 0 Å². The summed E-state index contributed by atoms with van der Waals surface area (Å²) in [4.78, 5) is 12.2. The number of nitrogens with one attached hydrogen (secondary N) is 1. The Morgan fingerprint density at radius 3 is 2.55 bits per heavy atom. The highest BCUT2D eigenvalue weighted by Gasteiger charge is 2.41.